The molecule has 2 aromatic rings. The van der Waals surface area contributed by atoms with Crippen LogP contribution in [-0.2, 0) is 4.79 Å². The number of nitrogens with zero attached hydrogens (tertiary/aromatic N) is 1. The van der Waals surface area contributed by atoms with Crippen molar-refractivity contribution in [3.63, 3.8) is 0 Å². The third-order valence-electron chi connectivity index (χ3n) is 5.17. The molecule has 0 aliphatic heterocycles. The number of benzene rings is 2. The smallest absolute Gasteiger partial charge is 0.220 e. The van der Waals surface area contributed by atoms with Crippen LogP contribution in [0.3, 0.4) is 0 Å². The zero-order valence-corrected chi connectivity index (χ0v) is 17.2. The van der Waals surface area contributed by atoms with Gasteiger partial charge in [0.15, 0.2) is 5.96 Å². The third kappa shape index (κ3) is 7.26. The van der Waals surface area contributed by atoms with Crippen molar-refractivity contribution in [2.24, 2.45) is 4.99 Å². The Hall–Kier alpha value is -2.82. The summed E-state index contributed by atoms with van der Waals surface area (Å²) in [7, 11) is 1.78. The first-order valence-electron chi connectivity index (χ1n) is 10.6. The molecule has 5 nitrogen and oxygen atoms in total. The van der Waals surface area contributed by atoms with Crippen LogP contribution in [0.4, 0.5) is 0 Å². The Morgan fingerprint density at radius 2 is 1.55 bits per heavy atom. The fraction of sp³-hybridized carbons (Fsp3) is 0.417. The standard InChI is InChI=1S/C24H32N4O/c1-25-24(26-17-8-13-23(29)28-21-14-15-21)27-18-16-22(19-9-4-2-5-10-19)20-11-6-3-7-12-20/h2-7,9-12,21-22H,8,13-18H2,1H3,(H,28,29)(H2,25,26,27). The Morgan fingerprint density at radius 3 is 2.10 bits per heavy atom. The van der Waals surface area contributed by atoms with Gasteiger partial charge in [-0.1, -0.05) is 60.7 Å². The summed E-state index contributed by atoms with van der Waals surface area (Å²) in [5.74, 6) is 1.28. The molecule has 3 N–H and O–H groups in total. The Balaban J connectivity index is 1.43. The van der Waals surface area contributed by atoms with Crippen molar-refractivity contribution in [2.75, 3.05) is 20.1 Å². The number of amides is 1. The highest BCUT2D eigenvalue weighted by molar-refractivity contribution is 5.80. The van der Waals surface area contributed by atoms with E-state index in [0.717, 1.165) is 44.7 Å². The average molecular weight is 393 g/mol. The van der Waals surface area contributed by atoms with Gasteiger partial charge >= 0.3 is 0 Å². The molecule has 0 spiro atoms. The number of nitrogens with one attached hydrogen (secondary N) is 3. The van der Waals surface area contributed by atoms with Crippen molar-refractivity contribution in [2.45, 2.75) is 44.1 Å². The fourth-order valence-corrected chi connectivity index (χ4v) is 3.44. The minimum atomic E-state index is 0.158. The van der Waals surface area contributed by atoms with E-state index in [1.165, 1.54) is 11.1 Å². The summed E-state index contributed by atoms with van der Waals surface area (Å²) in [5, 5.41) is 9.74. The summed E-state index contributed by atoms with van der Waals surface area (Å²) in [5.41, 5.74) is 2.65. The maximum Gasteiger partial charge on any atom is 0.220 e. The second kappa shape index (κ2) is 11.2. The summed E-state index contributed by atoms with van der Waals surface area (Å²) >= 11 is 0. The SMILES string of the molecule is CN=C(NCCCC(=O)NC1CC1)NCCC(c1ccccc1)c1ccccc1. The maximum absolute atomic E-state index is 11.7. The van der Waals surface area contributed by atoms with Crippen LogP contribution in [0.2, 0.25) is 0 Å². The first-order chi connectivity index (χ1) is 14.3. The van der Waals surface area contributed by atoms with Crippen LogP contribution < -0.4 is 16.0 Å². The lowest BCUT2D eigenvalue weighted by molar-refractivity contribution is -0.121. The normalized spacial score (nSPS) is 13.9. The van der Waals surface area contributed by atoms with Gasteiger partial charge in [-0.05, 0) is 36.8 Å². The summed E-state index contributed by atoms with van der Waals surface area (Å²) in [6.07, 6.45) is 4.60. The molecule has 154 valence electrons. The Bertz CT molecular complexity index is 732. The number of carbonyl (C=O) groups excluding carboxylic acids is 1. The zero-order chi connectivity index (χ0) is 20.3. The largest absolute Gasteiger partial charge is 0.356 e. The highest BCUT2D eigenvalue weighted by Crippen LogP contribution is 2.27. The van der Waals surface area contributed by atoms with Gasteiger partial charge in [-0.15, -0.1) is 0 Å². The molecule has 1 amide bonds. The number of hydrogen-bond donors (Lipinski definition) is 3. The summed E-state index contributed by atoms with van der Waals surface area (Å²) < 4.78 is 0. The molecule has 3 rings (SSSR count). The van der Waals surface area contributed by atoms with Gasteiger partial charge in [-0.3, -0.25) is 9.79 Å². The van der Waals surface area contributed by atoms with Gasteiger partial charge in [-0.25, -0.2) is 0 Å². The lowest BCUT2D eigenvalue weighted by atomic mass is 9.88. The van der Waals surface area contributed by atoms with Crippen LogP contribution >= 0.6 is 0 Å². The summed E-state index contributed by atoms with van der Waals surface area (Å²) in [6.45, 7) is 1.55. The number of aliphatic imine (C=N–C) groups is 1. The van der Waals surface area contributed by atoms with Gasteiger partial charge in [-0.2, -0.15) is 0 Å². The van der Waals surface area contributed by atoms with Crippen molar-refractivity contribution in [1.82, 2.24) is 16.0 Å². The fourth-order valence-electron chi connectivity index (χ4n) is 3.44. The first kappa shape index (κ1) is 20.9. The molecule has 0 saturated heterocycles. The predicted octanol–water partition coefficient (Wildman–Crippen LogP) is 3.43. The summed E-state index contributed by atoms with van der Waals surface area (Å²) in [4.78, 5) is 16.0. The van der Waals surface area contributed by atoms with Crippen LogP contribution in [0.1, 0.15) is 49.1 Å². The first-order valence-corrected chi connectivity index (χ1v) is 10.6. The topological polar surface area (TPSA) is 65.5 Å². The molecular formula is C24H32N4O. The monoisotopic (exact) mass is 392 g/mol. The molecule has 1 aliphatic rings. The van der Waals surface area contributed by atoms with Crippen LogP contribution in [0.25, 0.3) is 0 Å². The molecule has 29 heavy (non-hydrogen) atoms. The van der Waals surface area contributed by atoms with E-state index in [9.17, 15) is 4.79 Å². The maximum atomic E-state index is 11.7. The molecule has 0 unspecified atom stereocenters. The van der Waals surface area contributed by atoms with Crippen LogP contribution in [0, 0.1) is 0 Å². The molecule has 0 aromatic heterocycles. The zero-order valence-electron chi connectivity index (χ0n) is 17.2. The van der Waals surface area contributed by atoms with Gasteiger partial charge in [0.1, 0.15) is 0 Å². The van der Waals surface area contributed by atoms with Gasteiger partial charge in [0.2, 0.25) is 5.91 Å². The van der Waals surface area contributed by atoms with Crippen LogP contribution in [0.15, 0.2) is 65.7 Å². The van der Waals surface area contributed by atoms with E-state index in [1.54, 1.807) is 7.05 Å². The molecule has 1 saturated carbocycles. The minimum absolute atomic E-state index is 0.158. The Morgan fingerprint density at radius 1 is 0.966 bits per heavy atom. The molecule has 1 fully saturated rings. The molecule has 0 heterocycles. The number of rotatable bonds is 10. The quantitative estimate of drug-likeness (QED) is 0.330. The van der Waals surface area contributed by atoms with E-state index in [2.05, 4.69) is 81.6 Å². The van der Waals surface area contributed by atoms with E-state index >= 15 is 0 Å². The Labute approximate surface area is 174 Å². The average Bonchev–Trinajstić information content (AvgIpc) is 3.58. The molecule has 5 heteroatoms. The molecule has 0 radical (unpaired) electrons. The van der Waals surface area contributed by atoms with Crippen molar-refractivity contribution < 1.29 is 4.79 Å². The summed E-state index contributed by atoms with van der Waals surface area (Å²) in [6, 6.07) is 21.7. The van der Waals surface area contributed by atoms with Gasteiger partial charge in [0, 0.05) is 38.5 Å². The highest BCUT2D eigenvalue weighted by Gasteiger charge is 2.22. The lowest BCUT2D eigenvalue weighted by Crippen LogP contribution is -2.39. The van der Waals surface area contributed by atoms with Gasteiger partial charge < -0.3 is 16.0 Å². The molecule has 1 aliphatic carbocycles. The van der Waals surface area contributed by atoms with Crippen LogP contribution in [-0.4, -0.2) is 38.0 Å². The number of carbonyl (C=O) groups is 1. The minimum Gasteiger partial charge on any atom is -0.356 e. The van der Waals surface area contributed by atoms with Gasteiger partial charge in [0.05, 0.1) is 0 Å². The number of hydrogen-bond acceptors (Lipinski definition) is 2. The second-order valence-corrected chi connectivity index (χ2v) is 7.53. The Kier molecular flexibility index (Phi) is 8.11. The third-order valence-corrected chi connectivity index (χ3v) is 5.17. The van der Waals surface area contributed by atoms with E-state index in [-0.39, 0.29) is 5.91 Å². The predicted molar refractivity (Wildman–Crippen MR) is 119 cm³/mol. The number of guanidine groups is 1. The van der Waals surface area contributed by atoms with Crippen LogP contribution in [0.5, 0.6) is 0 Å². The van der Waals surface area contributed by atoms with Crippen molar-refractivity contribution in [1.29, 1.82) is 0 Å². The van der Waals surface area contributed by atoms with Crippen molar-refractivity contribution >= 4 is 11.9 Å². The molecule has 0 atom stereocenters. The van der Waals surface area contributed by atoms with Crippen molar-refractivity contribution in [3.05, 3.63) is 71.8 Å². The molecule has 0 bridgehead atoms. The highest BCUT2D eigenvalue weighted by atomic mass is 16.1. The molecule has 2 aromatic carbocycles. The molecular weight excluding hydrogens is 360 g/mol. The van der Waals surface area contributed by atoms with E-state index in [1.807, 2.05) is 0 Å². The van der Waals surface area contributed by atoms with E-state index in [4.69, 9.17) is 0 Å². The van der Waals surface area contributed by atoms with E-state index in [0.29, 0.717) is 18.4 Å². The van der Waals surface area contributed by atoms with Gasteiger partial charge in [0.25, 0.3) is 0 Å². The van der Waals surface area contributed by atoms with E-state index < -0.39 is 0 Å². The lowest BCUT2D eigenvalue weighted by Gasteiger charge is -2.19. The van der Waals surface area contributed by atoms with Crippen molar-refractivity contribution in [3.8, 4) is 0 Å². The second-order valence-electron chi connectivity index (χ2n) is 7.53.